The summed E-state index contributed by atoms with van der Waals surface area (Å²) in [6.45, 7) is 7.53. The van der Waals surface area contributed by atoms with Crippen LogP contribution in [0.25, 0.3) is 0 Å². The van der Waals surface area contributed by atoms with Crippen LogP contribution in [0.2, 0.25) is 0 Å². The molecule has 0 N–H and O–H groups in total. The van der Waals surface area contributed by atoms with E-state index in [0.29, 0.717) is 16.2 Å². The van der Waals surface area contributed by atoms with E-state index in [1.54, 1.807) is 5.56 Å². The lowest BCUT2D eigenvalue weighted by Gasteiger charge is -2.58. The Balaban J connectivity index is 1.84. The molecule has 3 aliphatic carbocycles. The quantitative estimate of drug-likeness (QED) is 0.712. The van der Waals surface area contributed by atoms with Crippen molar-refractivity contribution in [3.63, 3.8) is 0 Å². The van der Waals surface area contributed by atoms with Gasteiger partial charge in [-0.1, -0.05) is 57.5 Å². The Morgan fingerprint density at radius 3 is 2.28 bits per heavy atom. The summed E-state index contributed by atoms with van der Waals surface area (Å²) in [6, 6.07) is 11.4. The minimum atomic E-state index is 0.542. The van der Waals surface area contributed by atoms with Gasteiger partial charge in [-0.2, -0.15) is 0 Å². The summed E-state index contributed by atoms with van der Waals surface area (Å²) >= 11 is 0. The van der Waals surface area contributed by atoms with Gasteiger partial charge in [0.05, 0.1) is 0 Å². The van der Waals surface area contributed by atoms with Crippen molar-refractivity contribution < 1.29 is 0 Å². The second kappa shape index (κ2) is 3.03. The maximum absolute atomic E-state index is 2.59. The highest BCUT2D eigenvalue weighted by Gasteiger charge is 2.95. The summed E-state index contributed by atoms with van der Waals surface area (Å²) in [5.41, 5.74) is 3.37. The van der Waals surface area contributed by atoms with Gasteiger partial charge in [0.1, 0.15) is 0 Å². The molecule has 96 valence electrons. The number of hydrogen-bond acceptors (Lipinski definition) is 0. The zero-order chi connectivity index (χ0) is 12.6. The van der Waals surface area contributed by atoms with E-state index in [9.17, 15) is 0 Å². The van der Waals surface area contributed by atoms with Gasteiger partial charge < -0.3 is 0 Å². The molecule has 0 bridgehead atoms. The van der Waals surface area contributed by atoms with E-state index >= 15 is 0 Å². The van der Waals surface area contributed by atoms with Crippen molar-refractivity contribution in [3.05, 3.63) is 35.9 Å². The second-order valence-corrected chi connectivity index (χ2v) is 7.25. The maximum Gasteiger partial charge on any atom is 0.0105 e. The smallest absolute Gasteiger partial charge is 0.0105 e. The minimum Gasteiger partial charge on any atom is -0.0654 e. The van der Waals surface area contributed by atoms with Crippen LogP contribution in [0.5, 0.6) is 0 Å². The third-order valence-electron chi connectivity index (χ3n) is 7.32. The largest absolute Gasteiger partial charge is 0.0654 e. The Morgan fingerprint density at radius 1 is 1.06 bits per heavy atom. The van der Waals surface area contributed by atoms with Gasteiger partial charge in [-0.15, -0.1) is 0 Å². The Labute approximate surface area is 111 Å². The molecule has 18 heavy (non-hydrogen) atoms. The molecule has 0 saturated heterocycles. The number of hydrogen-bond donors (Lipinski definition) is 0. The Hall–Kier alpha value is -0.780. The third kappa shape index (κ3) is 0.770. The van der Waals surface area contributed by atoms with Crippen molar-refractivity contribution in [2.75, 3.05) is 0 Å². The highest BCUT2D eigenvalue weighted by molar-refractivity contribution is 5.55. The van der Waals surface area contributed by atoms with Crippen molar-refractivity contribution >= 4 is 0 Å². The van der Waals surface area contributed by atoms with Gasteiger partial charge in [-0.05, 0) is 47.5 Å². The first-order chi connectivity index (χ1) is 8.64. The Bertz CT molecular complexity index is 490. The maximum atomic E-state index is 2.59. The summed E-state index contributed by atoms with van der Waals surface area (Å²) in [5, 5.41) is 0. The molecular formula is C18H24. The molecule has 4 rings (SSSR count). The first kappa shape index (κ1) is 11.1. The molecule has 3 aliphatic rings. The normalized spacial score (nSPS) is 51.7. The lowest BCUT2D eigenvalue weighted by molar-refractivity contribution is -0.0483. The fourth-order valence-corrected chi connectivity index (χ4v) is 6.65. The molecule has 3 fully saturated rings. The summed E-state index contributed by atoms with van der Waals surface area (Å²) in [5.74, 6) is 2.04. The molecule has 0 spiro atoms. The second-order valence-electron chi connectivity index (χ2n) is 7.25. The molecular weight excluding hydrogens is 216 g/mol. The third-order valence-corrected chi connectivity index (χ3v) is 7.32. The van der Waals surface area contributed by atoms with E-state index in [1.165, 1.54) is 25.7 Å². The lowest BCUT2D eigenvalue weighted by Crippen LogP contribution is -2.54. The highest BCUT2D eigenvalue weighted by atomic mass is 15.0. The van der Waals surface area contributed by atoms with E-state index in [1.807, 2.05) is 0 Å². The topological polar surface area (TPSA) is 0 Å². The van der Waals surface area contributed by atoms with Crippen molar-refractivity contribution in [1.82, 2.24) is 0 Å². The lowest BCUT2D eigenvalue weighted by atomic mass is 9.46. The summed E-state index contributed by atoms with van der Waals surface area (Å²) in [7, 11) is 0. The summed E-state index contributed by atoms with van der Waals surface area (Å²) in [6.07, 6.45) is 5.72. The Morgan fingerprint density at radius 2 is 1.72 bits per heavy atom. The molecule has 0 radical (unpaired) electrons. The van der Waals surface area contributed by atoms with Gasteiger partial charge in [0.25, 0.3) is 0 Å². The molecule has 0 aromatic heterocycles. The van der Waals surface area contributed by atoms with E-state index in [2.05, 4.69) is 51.1 Å². The first-order valence-electron chi connectivity index (χ1n) is 7.70. The van der Waals surface area contributed by atoms with Crippen LogP contribution >= 0.6 is 0 Å². The molecule has 1 aromatic rings. The van der Waals surface area contributed by atoms with E-state index in [0.717, 1.165) is 11.8 Å². The zero-order valence-corrected chi connectivity index (χ0v) is 11.9. The molecule has 0 amide bonds. The van der Waals surface area contributed by atoms with Gasteiger partial charge in [0.2, 0.25) is 0 Å². The average molecular weight is 240 g/mol. The van der Waals surface area contributed by atoms with Gasteiger partial charge >= 0.3 is 0 Å². The zero-order valence-electron chi connectivity index (χ0n) is 11.9. The van der Waals surface area contributed by atoms with Crippen LogP contribution in [-0.4, -0.2) is 0 Å². The van der Waals surface area contributed by atoms with E-state index < -0.39 is 0 Å². The summed E-state index contributed by atoms with van der Waals surface area (Å²) in [4.78, 5) is 0. The predicted octanol–water partition coefficient (Wildman–Crippen LogP) is 4.79. The van der Waals surface area contributed by atoms with Crippen molar-refractivity contribution in [2.24, 2.45) is 22.7 Å². The molecule has 0 heterocycles. The SMILES string of the molecule is CCC[C@]1(C)[C@]2(C)[C@@H]3CC[C@H]3[C@]12c1ccccc1. The van der Waals surface area contributed by atoms with Crippen LogP contribution in [-0.2, 0) is 5.41 Å². The highest BCUT2D eigenvalue weighted by Crippen LogP contribution is 2.97. The van der Waals surface area contributed by atoms with Crippen molar-refractivity contribution in [2.45, 2.75) is 51.9 Å². The van der Waals surface area contributed by atoms with Gasteiger partial charge in [-0.3, -0.25) is 0 Å². The Kier molecular flexibility index (Phi) is 1.86. The predicted molar refractivity (Wildman–Crippen MR) is 75.5 cm³/mol. The van der Waals surface area contributed by atoms with Gasteiger partial charge in [0.15, 0.2) is 0 Å². The fraction of sp³-hybridized carbons (Fsp3) is 0.667. The number of benzene rings is 1. The van der Waals surface area contributed by atoms with E-state index in [4.69, 9.17) is 0 Å². The minimum absolute atomic E-state index is 0.542. The summed E-state index contributed by atoms with van der Waals surface area (Å²) < 4.78 is 0. The van der Waals surface area contributed by atoms with Crippen LogP contribution in [0, 0.1) is 22.7 Å². The molecule has 3 saturated carbocycles. The average Bonchev–Trinajstić information content (AvgIpc) is 2.69. The molecule has 0 nitrogen and oxygen atoms in total. The first-order valence-corrected chi connectivity index (χ1v) is 7.70. The monoisotopic (exact) mass is 240 g/mol. The van der Waals surface area contributed by atoms with Crippen molar-refractivity contribution in [3.8, 4) is 0 Å². The van der Waals surface area contributed by atoms with E-state index in [-0.39, 0.29) is 0 Å². The fourth-order valence-electron chi connectivity index (χ4n) is 6.65. The number of rotatable bonds is 3. The standard InChI is InChI=1S/C18H24/c1-4-12-16(2)17(3)14-10-11-15(14)18(16,17)13-8-6-5-7-9-13/h5-9,14-15H,4,10-12H2,1-3H3/t14-,15-,16-,17+,18-/m1/s1. The van der Waals surface area contributed by atoms with Crippen LogP contribution in [0.3, 0.4) is 0 Å². The van der Waals surface area contributed by atoms with Gasteiger partial charge in [0, 0.05) is 5.41 Å². The number of fused-ring (bicyclic) bond motifs is 4. The van der Waals surface area contributed by atoms with Crippen LogP contribution in [0.15, 0.2) is 30.3 Å². The molecule has 0 heteroatoms. The van der Waals surface area contributed by atoms with Crippen LogP contribution in [0.1, 0.15) is 52.0 Å². The van der Waals surface area contributed by atoms with Gasteiger partial charge in [-0.25, -0.2) is 0 Å². The molecule has 0 unspecified atom stereocenters. The van der Waals surface area contributed by atoms with Crippen LogP contribution < -0.4 is 0 Å². The van der Waals surface area contributed by atoms with Crippen LogP contribution in [0.4, 0.5) is 0 Å². The van der Waals surface area contributed by atoms with Crippen molar-refractivity contribution in [1.29, 1.82) is 0 Å². The molecule has 5 atom stereocenters. The molecule has 1 aromatic carbocycles. The molecule has 0 aliphatic heterocycles.